The van der Waals surface area contributed by atoms with Gasteiger partial charge in [-0.05, 0) is 53.0 Å². The van der Waals surface area contributed by atoms with E-state index in [2.05, 4.69) is 6.08 Å². The maximum atomic E-state index is 13.7. The van der Waals surface area contributed by atoms with E-state index in [1.807, 2.05) is 26.8 Å². The van der Waals surface area contributed by atoms with Crippen molar-refractivity contribution in [2.45, 2.75) is 53.4 Å². The third kappa shape index (κ3) is 5.45. The number of hydrogen-bond donors (Lipinski definition) is 4. The largest absolute Gasteiger partial charge is 0.513 e. The van der Waals surface area contributed by atoms with Crippen molar-refractivity contribution in [1.82, 2.24) is 0 Å². The minimum Gasteiger partial charge on any atom is -0.513 e. The van der Waals surface area contributed by atoms with Gasteiger partial charge in [-0.1, -0.05) is 23.3 Å². The molecule has 7 nitrogen and oxygen atoms in total. The number of hydrogen-bond acceptors (Lipinski definition) is 7. The monoisotopic (exact) mass is 480 g/mol. The van der Waals surface area contributed by atoms with Crippen molar-refractivity contribution >= 4 is 21.9 Å². The predicted octanol–water partition coefficient (Wildman–Crippen LogP) is 6.31. The van der Waals surface area contributed by atoms with Gasteiger partial charge in [-0.2, -0.15) is 0 Å². The summed E-state index contributed by atoms with van der Waals surface area (Å²) in [4.78, 5) is 13.7. The number of benzene rings is 2. The Bertz CT molecular complexity index is 1410. The zero-order valence-electron chi connectivity index (χ0n) is 20.7. The molecule has 0 spiro atoms. The molecule has 1 aromatic heterocycles. The zero-order valence-corrected chi connectivity index (χ0v) is 20.7. The second-order valence-corrected chi connectivity index (χ2v) is 8.93. The van der Waals surface area contributed by atoms with Crippen molar-refractivity contribution in [1.29, 1.82) is 0 Å². The number of ether oxygens (including phenoxy) is 1. The van der Waals surface area contributed by atoms with Crippen LogP contribution in [0, 0.1) is 0 Å². The number of fused-ring (bicyclic) bond motifs is 2. The van der Waals surface area contributed by atoms with Crippen molar-refractivity contribution < 1.29 is 29.6 Å². The first-order chi connectivity index (χ1) is 16.5. The van der Waals surface area contributed by atoms with E-state index < -0.39 is 11.2 Å². The molecule has 2 aromatic carbocycles. The Morgan fingerprint density at radius 3 is 2.23 bits per heavy atom. The first-order valence-corrected chi connectivity index (χ1v) is 11.4. The fraction of sp³-hybridized carbons (Fsp3) is 0.321. The molecule has 35 heavy (non-hydrogen) atoms. The molecule has 0 radical (unpaired) electrons. The number of phenols is 3. The van der Waals surface area contributed by atoms with Crippen molar-refractivity contribution in [3.05, 3.63) is 68.6 Å². The van der Waals surface area contributed by atoms with Gasteiger partial charge in [-0.15, -0.1) is 0 Å². The lowest BCUT2D eigenvalue weighted by molar-refractivity contribution is 0.370. The number of aromatic hydroxyl groups is 3. The number of methoxy groups -OCH3 is 1. The molecule has 0 aliphatic carbocycles. The average molecular weight is 481 g/mol. The first-order valence-electron chi connectivity index (χ1n) is 11.4. The van der Waals surface area contributed by atoms with E-state index in [4.69, 9.17) is 9.15 Å². The molecule has 0 amide bonds. The molecule has 4 N–H and O–H groups in total. The third-order valence-corrected chi connectivity index (χ3v) is 5.88. The van der Waals surface area contributed by atoms with Gasteiger partial charge >= 0.3 is 0 Å². The maximum absolute atomic E-state index is 13.7. The summed E-state index contributed by atoms with van der Waals surface area (Å²) >= 11 is 0. The normalized spacial score (nSPS) is 12.4. The van der Waals surface area contributed by atoms with E-state index in [0.29, 0.717) is 12.0 Å². The first kappa shape index (κ1) is 25.7. The lowest BCUT2D eigenvalue weighted by atomic mass is 9.98. The van der Waals surface area contributed by atoms with E-state index in [0.717, 1.165) is 24.5 Å². The van der Waals surface area contributed by atoms with Gasteiger partial charge in [0, 0.05) is 29.7 Å². The minimum absolute atomic E-state index is 0.0125. The summed E-state index contributed by atoms with van der Waals surface area (Å²) < 4.78 is 11.4. The van der Waals surface area contributed by atoms with Gasteiger partial charge in [-0.3, -0.25) is 4.79 Å². The molecule has 7 heteroatoms. The molecule has 0 aliphatic heterocycles. The van der Waals surface area contributed by atoms with Gasteiger partial charge in [0.2, 0.25) is 5.43 Å². The van der Waals surface area contributed by atoms with Crippen molar-refractivity contribution in [2.24, 2.45) is 0 Å². The highest BCUT2D eigenvalue weighted by Crippen LogP contribution is 2.40. The van der Waals surface area contributed by atoms with Crippen LogP contribution in [0.5, 0.6) is 23.0 Å². The predicted molar refractivity (Wildman–Crippen MR) is 138 cm³/mol. The number of phenolic OH excluding ortho intramolecular Hbond substituents is 3. The Labute approximate surface area is 203 Å². The molecule has 0 unspecified atom stereocenters. The molecule has 0 fully saturated rings. The lowest BCUT2D eigenvalue weighted by Gasteiger charge is -2.15. The highest BCUT2D eigenvalue weighted by Gasteiger charge is 2.23. The standard InChI is InChI=1S/C28H32O7/c1-15(2)7-6-8-16(3)9-11-19-24-23(14-22(32)27(19)34-5)35-28-18(12-10-17(4)29)20(30)13-21(31)25(28)26(24)33/h7,9-10,13-14,29-32H,6,8,11-12H2,1-5H3. The molecule has 3 aromatic rings. The molecule has 3 rings (SSSR count). The van der Waals surface area contributed by atoms with Crippen LogP contribution in [0.4, 0.5) is 0 Å². The van der Waals surface area contributed by atoms with Crippen molar-refractivity contribution in [2.75, 3.05) is 7.11 Å². The van der Waals surface area contributed by atoms with E-state index in [1.54, 1.807) is 0 Å². The van der Waals surface area contributed by atoms with Gasteiger partial charge in [-0.25, -0.2) is 0 Å². The number of allylic oxidation sites excluding steroid dienone is 6. The minimum atomic E-state index is -0.506. The Kier molecular flexibility index (Phi) is 7.79. The van der Waals surface area contributed by atoms with Crippen LogP contribution < -0.4 is 10.2 Å². The van der Waals surface area contributed by atoms with Crippen LogP contribution in [-0.2, 0) is 12.8 Å². The Balaban J connectivity index is 2.27. The SMILES string of the molecule is COc1c(O)cc2oc3c(CC=C(C)O)c(O)cc(O)c3c(=O)c2c1CC=C(C)CCC=C(C)C. The summed E-state index contributed by atoms with van der Waals surface area (Å²) in [5, 5.41) is 41.2. The Morgan fingerprint density at radius 1 is 0.914 bits per heavy atom. The molecule has 186 valence electrons. The van der Waals surface area contributed by atoms with Crippen molar-refractivity contribution in [3.8, 4) is 23.0 Å². The molecule has 0 saturated carbocycles. The van der Waals surface area contributed by atoms with Crippen LogP contribution in [0.15, 0.2) is 56.5 Å². The van der Waals surface area contributed by atoms with Crippen LogP contribution >= 0.6 is 0 Å². The number of aliphatic hydroxyl groups is 1. The van der Waals surface area contributed by atoms with Gasteiger partial charge < -0.3 is 29.6 Å². The molecule has 0 atom stereocenters. The van der Waals surface area contributed by atoms with Gasteiger partial charge in [0.15, 0.2) is 11.5 Å². The van der Waals surface area contributed by atoms with Crippen LogP contribution in [0.25, 0.3) is 21.9 Å². The fourth-order valence-electron chi connectivity index (χ4n) is 4.08. The van der Waals surface area contributed by atoms with Gasteiger partial charge in [0.05, 0.1) is 18.3 Å². The van der Waals surface area contributed by atoms with Crippen LogP contribution in [0.1, 0.15) is 51.7 Å². The van der Waals surface area contributed by atoms with E-state index in [9.17, 15) is 25.2 Å². The van der Waals surface area contributed by atoms with E-state index >= 15 is 0 Å². The lowest BCUT2D eigenvalue weighted by Crippen LogP contribution is -2.08. The average Bonchev–Trinajstić information content (AvgIpc) is 2.76. The highest BCUT2D eigenvalue weighted by molar-refractivity contribution is 5.98. The van der Waals surface area contributed by atoms with Gasteiger partial charge in [0.1, 0.15) is 28.1 Å². The van der Waals surface area contributed by atoms with E-state index in [1.165, 1.54) is 31.7 Å². The smallest absolute Gasteiger partial charge is 0.204 e. The second kappa shape index (κ2) is 10.6. The van der Waals surface area contributed by atoms with Crippen LogP contribution in [-0.4, -0.2) is 27.5 Å². The highest BCUT2D eigenvalue weighted by atomic mass is 16.5. The zero-order chi connectivity index (χ0) is 25.9. The maximum Gasteiger partial charge on any atom is 0.204 e. The van der Waals surface area contributed by atoms with Crippen LogP contribution in [0.2, 0.25) is 0 Å². The molecule has 1 heterocycles. The molecule has 0 bridgehead atoms. The summed E-state index contributed by atoms with van der Waals surface area (Å²) in [7, 11) is 1.41. The van der Waals surface area contributed by atoms with Crippen molar-refractivity contribution in [3.63, 3.8) is 0 Å². The topological polar surface area (TPSA) is 120 Å². The Morgan fingerprint density at radius 2 is 1.60 bits per heavy atom. The summed E-state index contributed by atoms with van der Waals surface area (Å²) in [5.41, 5.74) is 2.62. The second-order valence-electron chi connectivity index (χ2n) is 8.93. The molecule has 0 saturated heterocycles. The number of rotatable bonds is 8. The summed E-state index contributed by atoms with van der Waals surface area (Å²) in [6, 6.07) is 2.38. The molecule has 0 aliphatic rings. The third-order valence-electron chi connectivity index (χ3n) is 5.88. The summed E-state index contributed by atoms with van der Waals surface area (Å²) in [5.74, 6) is -0.693. The van der Waals surface area contributed by atoms with Gasteiger partial charge in [0.25, 0.3) is 0 Å². The number of aliphatic hydroxyl groups excluding tert-OH is 1. The summed E-state index contributed by atoms with van der Waals surface area (Å²) in [6.45, 7) is 7.59. The molecular formula is C28H32O7. The summed E-state index contributed by atoms with van der Waals surface area (Å²) in [6.07, 6.45) is 7.72. The molecular weight excluding hydrogens is 448 g/mol. The quantitative estimate of drug-likeness (QED) is 0.169. The van der Waals surface area contributed by atoms with Crippen LogP contribution in [0.3, 0.4) is 0 Å². The Hall–Kier alpha value is -3.87. The fourth-order valence-corrected chi connectivity index (χ4v) is 4.08. The van der Waals surface area contributed by atoms with E-state index in [-0.39, 0.29) is 56.9 Å².